The van der Waals surface area contributed by atoms with Crippen LogP contribution in [0.1, 0.15) is 10.4 Å². The Balaban J connectivity index is 3.15. The highest BCUT2D eigenvalue weighted by atomic mass is 35.5. The molecular formula is C8H8ClNO2. The molecule has 0 aromatic heterocycles. The Morgan fingerprint density at radius 3 is 2.67 bits per heavy atom. The van der Waals surface area contributed by atoms with Crippen molar-refractivity contribution in [3.8, 4) is 5.75 Å². The second kappa shape index (κ2) is 3.45. The van der Waals surface area contributed by atoms with Gasteiger partial charge >= 0.3 is 0 Å². The second-order valence-electron chi connectivity index (χ2n) is 2.27. The maximum Gasteiger partial charge on any atom is 0.252 e. The number of hydrogen-bond donors (Lipinski definition) is 1. The molecule has 0 aliphatic carbocycles. The van der Waals surface area contributed by atoms with Crippen LogP contribution in [-0.2, 0) is 0 Å². The van der Waals surface area contributed by atoms with Crippen molar-refractivity contribution in [2.24, 2.45) is 0 Å². The number of ether oxygens (including phenoxy) is 1. The number of anilines is 1. The van der Waals surface area contributed by atoms with E-state index in [-0.39, 0.29) is 0 Å². The summed E-state index contributed by atoms with van der Waals surface area (Å²) in [5.74, 6) is 0.527. The van der Waals surface area contributed by atoms with Crippen LogP contribution in [0.2, 0.25) is 0 Å². The van der Waals surface area contributed by atoms with Gasteiger partial charge in [-0.1, -0.05) is 0 Å². The lowest BCUT2D eigenvalue weighted by molar-refractivity contribution is 0.108. The highest BCUT2D eigenvalue weighted by Gasteiger charge is 2.04. The molecule has 4 heteroatoms. The topological polar surface area (TPSA) is 52.3 Å². The van der Waals surface area contributed by atoms with E-state index in [1.165, 1.54) is 19.2 Å². The summed E-state index contributed by atoms with van der Waals surface area (Å²) in [6.07, 6.45) is 0. The van der Waals surface area contributed by atoms with Crippen LogP contribution in [-0.4, -0.2) is 12.4 Å². The molecule has 3 nitrogen and oxygen atoms in total. The average molecular weight is 186 g/mol. The van der Waals surface area contributed by atoms with E-state index in [4.69, 9.17) is 22.1 Å². The minimum atomic E-state index is -0.541. The van der Waals surface area contributed by atoms with Crippen LogP contribution in [0.5, 0.6) is 5.75 Å². The smallest absolute Gasteiger partial charge is 0.252 e. The molecule has 0 aliphatic rings. The fourth-order valence-corrected chi connectivity index (χ4v) is 0.963. The van der Waals surface area contributed by atoms with Crippen molar-refractivity contribution in [3.05, 3.63) is 23.8 Å². The molecule has 1 aromatic carbocycles. The third kappa shape index (κ3) is 1.89. The molecule has 0 aliphatic heterocycles. The molecule has 1 aromatic rings. The van der Waals surface area contributed by atoms with E-state index in [1.807, 2.05) is 0 Å². The molecule has 0 heterocycles. The minimum Gasteiger partial charge on any atom is -0.497 e. The number of benzene rings is 1. The number of nitrogen functional groups attached to an aromatic ring is 1. The van der Waals surface area contributed by atoms with Gasteiger partial charge in [0.2, 0.25) is 0 Å². The molecule has 0 saturated carbocycles. The highest BCUT2D eigenvalue weighted by molar-refractivity contribution is 6.67. The van der Waals surface area contributed by atoms with Crippen LogP contribution >= 0.6 is 11.6 Å². The quantitative estimate of drug-likeness (QED) is 0.563. The van der Waals surface area contributed by atoms with Gasteiger partial charge in [-0.2, -0.15) is 0 Å². The van der Waals surface area contributed by atoms with Gasteiger partial charge in [0.15, 0.2) is 0 Å². The summed E-state index contributed by atoms with van der Waals surface area (Å²) in [5, 5.41) is -0.541. The largest absolute Gasteiger partial charge is 0.497 e. The minimum absolute atomic E-state index is 0.341. The third-order valence-corrected chi connectivity index (χ3v) is 1.61. The molecule has 0 saturated heterocycles. The van der Waals surface area contributed by atoms with Gasteiger partial charge in [-0.15, -0.1) is 0 Å². The molecule has 0 atom stereocenters. The Morgan fingerprint density at radius 1 is 1.50 bits per heavy atom. The summed E-state index contributed by atoms with van der Waals surface area (Å²) in [6, 6.07) is 4.65. The zero-order valence-electron chi connectivity index (χ0n) is 6.50. The van der Waals surface area contributed by atoms with Gasteiger partial charge in [-0.3, -0.25) is 4.79 Å². The molecule has 0 unspecified atom stereocenters. The Labute approximate surface area is 75.1 Å². The Morgan fingerprint density at radius 2 is 2.17 bits per heavy atom. The predicted molar refractivity (Wildman–Crippen MR) is 47.6 cm³/mol. The van der Waals surface area contributed by atoms with E-state index in [0.717, 1.165) is 0 Å². The lowest BCUT2D eigenvalue weighted by Crippen LogP contribution is -1.94. The number of carbonyl (C=O) groups is 1. The normalized spacial score (nSPS) is 9.50. The first-order valence-electron chi connectivity index (χ1n) is 3.28. The number of hydrogen-bond acceptors (Lipinski definition) is 3. The van der Waals surface area contributed by atoms with Crippen molar-refractivity contribution < 1.29 is 9.53 Å². The number of nitrogens with two attached hydrogens (primary N) is 1. The molecular weight excluding hydrogens is 178 g/mol. The highest BCUT2D eigenvalue weighted by Crippen LogP contribution is 2.19. The van der Waals surface area contributed by atoms with Gasteiger partial charge in [0, 0.05) is 17.3 Å². The van der Waals surface area contributed by atoms with Crippen LogP contribution in [0.4, 0.5) is 5.69 Å². The molecule has 0 spiro atoms. The van der Waals surface area contributed by atoms with Gasteiger partial charge in [-0.05, 0) is 23.7 Å². The summed E-state index contributed by atoms with van der Waals surface area (Å²) >= 11 is 5.25. The summed E-state index contributed by atoms with van der Waals surface area (Å²) in [7, 11) is 1.50. The summed E-state index contributed by atoms with van der Waals surface area (Å²) in [5.41, 5.74) is 6.28. The first-order chi connectivity index (χ1) is 5.63. The molecule has 64 valence electrons. The lowest BCUT2D eigenvalue weighted by Gasteiger charge is -2.02. The molecule has 2 N–H and O–H groups in total. The number of rotatable bonds is 2. The first-order valence-corrected chi connectivity index (χ1v) is 3.65. The SMILES string of the molecule is COc1cc(N)cc(C(=O)Cl)c1. The van der Waals surface area contributed by atoms with Crippen molar-refractivity contribution in [2.45, 2.75) is 0 Å². The Kier molecular flexibility index (Phi) is 2.55. The van der Waals surface area contributed by atoms with Crippen LogP contribution in [0, 0.1) is 0 Å². The van der Waals surface area contributed by atoms with Gasteiger partial charge in [0.25, 0.3) is 5.24 Å². The monoisotopic (exact) mass is 185 g/mol. The molecule has 0 radical (unpaired) electrons. The maximum absolute atomic E-state index is 10.7. The van der Waals surface area contributed by atoms with E-state index >= 15 is 0 Å². The van der Waals surface area contributed by atoms with E-state index in [9.17, 15) is 4.79 Å². The summed E-state index contributed by atoms with van der Waals surface area (Å²) in [4.78, 5) is 10.7. The number of halogens is 1. The van der Waals surface area contributed by atoms with Crippen molar-refractivity contribution >= 4 is 22.5 Å². The third-order valence-electron chi connectivity index (χ3n) is 1.39. The van der Waals surface area contributed by atoms with Crippen molar-refractivity contribution in [3.63, 3.8) is 0 Å². The molecule has 0 fully saturated rings. The molecule has 12 heavy (non-hydrogen) atoms. The summed E-state index contributed by atoms with van der Waals surface area (Å²) < 4.78 is 4.89. The van der Waals surface area contributed by atoms with E-state index < -0.39 is 5.24 Å². The number of methoxy groups -OCH3 is 1. The second-order valence-corrected chi connectivity index (χ2v) is 2.61. The van der Waals surface area contributed by atoms with Crippen molar-refractivity contribution in [1.82, 2.24) is 0 Å². The Bertz CT molecular complexity index is 312. The zero-order valence-corrected chi connectivity index (χ0v) is 7.26. The van der Waals surface area contributed by atoms with Gasteiger partial charge < -0.3 is 10.5 Å². The molecule has 0 amide bonds. The van der Waals surface area contributed by atoms with Gasteiger partial charge in [0.1, 0.15) is 5.75 Å². The fraction of sp³-hybridized carbons (Fsp3) is 0.125. The maximum atomic E-state index is 10.7. The lowest BCUT2D eigenvalue weighted by atomic mass is 10.2. The zero-order chi connectivity index (χ0) is 9.14. The fourth-order valence-electron chi connectivity index (χ4n) is 0.853. The van der Waals surface area contributed by atoms with Crippen LogP contribution in [0.15, 0.2) is 18.2 Å². The average Bonchev–Trinajstić information content (AvgIpc) is 2.03. The van der Waals surface area contributed by atoms with Gasteiger partial charge in [-0.25, -0.2) is 0 Å². The van der Waals surface area contributed by atoms with E-state index in [0.29, 0.717) is 17.0 Å². The standard InChI is InChI=1S/C8H8ClNO2/c1-12-7-3-5(8(9)11)2-6(10)4-7/h2-4H,10H2,1H3. The number of carbonyl (C=O) groups excluding carboxylic acids is 1. The van der Waals surface area contributed by atoms with E-state index in [1.54, 1.807) is 6.07 Å². The summed E-state index contributed by atoms with van der Waals surface area (Å²) in [6.45, 7) is 0. The van der Waals surface area contributed by atoms with Crippen LogP contribution < -0.4 is 10.5 Å². The van der Waals surface area contributed by atoms with E-state index in [2.05, 4.69) is 0 Å². The predicted octanol–water partition coefficient (Wildman–Crippen LogP) is 1.66. The van der Waals surface area contributed by atoms with Crippen molar-refractivity contribution in [1.29, 1.82) is 0 Å². The van der Waals surface area contributed by atoms with Crippen LogP contribution in [0.25, 0.3) is 0 Å². The molecule has 0 bridgehead atoms. The van der Waals surface area contributed by atoms with Crippen LogP contribution in [0.3, 0.4) is 0 Å². The van der Waals surface area contributed by atoms with Crippen molar-refractivity contribution in [2.75, 3.05) is 12.8 Å². The van der Waals surface area contributed by atoms with Gasteiger partial charge in [0.05, 0.1) is 7.11 Å². The molecule has 1 rings (SSSR count). The Hall–Kier alpha value is -1.22. The first kappa shape index (κ1) is 8.87.